The highest BCUT2D eigenvalue weighted by Crippen LogP contribution is 2.39. The van der Waals surface area contributed by atoms with Gasteiger partial charge in [-0.1, -0.05) is 43.3 Å². The lowest BCUT2D eigenvalue weighted by atomic mass is 9.79. The lowest BCUT2D eigenvalue weighted by Crippen LogP contribution is -2.33. The molecule has 12 heteroatoms. The van der Waals surface area contributed by atoms with E-state index in [4.69, 9.17) is 0 Å². The van der Waals surface area contributed by atoms with Gasteiger partial charge in [-0.05, 0) is 90.8 Å². The van der Waals surface area contributed by atoms with Crippen molar-refractivity contribution >= 4 is 27.0 Å². The van der Waals surface area contributed by atoms with E-state index < -0.39 is 39.6 Å². The smallest absolute Gasteiger partial charge is 0.416 e. The van der Waals surface area contributed by atoms with Crippen molar-refractivity contribution in [1.82, 2.24) is 19.3 Å². The summed E-state index contributed by atoms with van der Waals surface area (Å²) in [7, 11) is -4.12. The van der Waals surface area contributed by atoms with Crippen molar-refractivity contribution in [1.29, 1.82) is 0 Å². The number of rotatable bonds is 7. The average molecular weight is 629 g/mol. The molecule has 0 radical (unpaired) electrons. The zero-order valence-electron chi connectivity index (χ0n) is 25.2. The first kappa shape index (κ1) is 31.6. The van der Waals surface area contributed by atoms with Crippen LogP contribution in [0.25, 0.3) is 11.0 Å². The molecule has 0 saturated carbocycles. The number of alkyl halides is 3. The van der Waals surface area contributed by atoms with E-state index in [1.807, 2.05) is 58.0 Å². The minimum atomic E-state index is -4.58. The number of carboxylic acid groups (broad SMARTS) is 1. The molecule has 234 valence electrons. The number of hydrogen-bond donors (Lipinski definition) is 1. The fraction of sp³-hybridized carbons (Fsp3) is 0.406. The molecule has 0 aliphatic carbocycles. The maximum absolute atomic E-state index is 13.8. The number of sulfonamides is 1. The quantitative estimate of drug-likeness (QED) is 0.257. The number of fused-ring (bicyclic) bond motifs is 2. The summed E-state index contributed by atoms with van der Waals surface area (Å²) >= 11 is 0. The lowest BCUT2D eigenvalue weighted by molar-refractivity contribution is -0.141. The Morgan fingerprint density at radius 2 is 1.84 bits per heavy atom. The number of hydrogen-bond acceptors (Lipinski definition) is 5. The lowest BCUT2D eigenvalue weighted by Gasteiger charge is -2.27. The second-order valence-electron chi connectivity index (χ2n) is 11.8. The summed E-state index contributed by atoms with van der Waals surface area (Å²) in [4.78, 5) is 12.2. The number of aliphatic carboxylic acids is 1. The summed E-state index contributed by atoms with van der Waals surface area (Å²) in [5.41, 5.74) is 4.64. The number of aryl methyl sites for hydroxylation is 3. The number of carboxylic acids is 1. The van der Waals surface area contributed by atoms with E-state index in [2.05, 4.69) is 10.3 Å². The Morgan fingerprint density at radius 1 is 1.11 bits per heavy atom. The van der Waals surface area contributed by atoms with Crippen molar-refractivity contribution in [3.63, 3.8) is 0 Å². The number of aromatic nitrogens is 3. The van der Waals surface area contributed by atoms with Crippen molar-refractivity contribution in [3.8, 4) is 0 Å². The molecule has 1 aliphatic rings. The van der Waals surface area contributed by atoms with Crippen LogP contribution in [0, 0.1) is 25.7 Å². The number of nitrogens with zero attached hydrogens (tertiary/aromatic N) is 4. The highest BCUT2D eigenvalue weighted by atomic mass is 32.2. The van der Waals surface area contributed by atoms with E-state index in [0.717, 1.165) is 40.4 Å². The molecular weight excluding hydrogens is 593 g/mol. The summed E-state index contributed by atoms with van der Waals surface area (Å²) in [6.45, 7) is 9.93. The van der Waals surface area contributed by atoms with Gasteiger partial charge < -0.3 is 5.11 Å². The molecule has 1 N–H and O–H groups in total. The third-order valence-electron chi connectivity index (χ3n) is 8.67. The second kappa shape index (κ2) is 11.6. The normalized spacial score (nSPS) is 18.5. The van der Waals surface area contributed by atoms with E-state index in [1.165, 1.54) is 4.31 Å². The minimum absolute atomic E-state index is 0.0101. The standard InChI is InChI=1S/C32H35F3N4O4S/c1-6-39-27-11-10-26(20(4)30(27)36-37-39)29(21(5)31(40)41)22-8-7-19(3)24(14-22)17-38-16-18(2)13-23-15-25(32(33,34)35)9-12-28(23)44(38,42)43/h7-12,14-15,18,21,29H,6,13,16-17H2,1-5H3,(H,40,41)/t18-,21+,29-/m0/s1. The van der Waals surface area contributed by atoms with Gasteiger partial charge in [0, 0.05) is 25.6 Å². The molecule has 4 aromatic rings. The van der Waals surface area contributed by atoms with E-state index in [0.29, 0.717) is 23.2 Å². The molecule has 8 nitrogen and oxygen atoms in total. The van der Waals surface area contributed by atoms with Crippen LogP contribution in [0.1, 0.15) is 65.6 Å². The number of benzene rings is 3. The Bertz CT molecular complexity index is 1850. The van der Waals surface area contributed by atoms with Gasteiger partial charge in [-0.3, -0.25) is 4.79 Å². The van der Waals surface area contributed by atoms with Crippen LogP contribution in [0.15, 0.2) is 53.4 Å². The van der Waals surface area contributed by atoms with Gasteiger partial charge >= 0.3 is 12.1 Å². The van der Waals surface area contributed by atoms with Gasteiger partial charge in [-0.15, -0.1) is 5.10 Å². The maximum atomic E-state index is 13.8. The second-order valence-corrected chi connectivity index (χ2v) is 13.7. The number of carbonyl (C=O) groups is 1. The Hall–Kier alpha value is -3.77. The highest BCUT2D eigenvalue weighted by molar-refractivity contribution is 7.89. The van der Waals surface area contributed by atoms with Crippen LogP contribution >= 0.6 is 0 Å². The van der Waals surface area contributed by atoms with Gasteiger partial charge in [-0.25, -0.2) is 13.1 Å². The fourth-order valence-corrected chi connectivity index (χ4v) is 7.97. The molecule has 3 aromatic carbocycles. The Balaban J connectivity index is 1.57. The molecule has 0 bridgehead atoms. The Kier molecular flexibility index (Phi) is 8.36. The molecule has 0 unspecified atom stereocenters. The topological polar surface area (TPSA) is 105 Å². The van der Waals surface area contributed by atoms with E-state index in [9.17, 15) is 31.5 Å². The zero-order chi connectivity index (χ0) is 32.1. The minimum Gasteiger partial charge on any atom is -0.481 e. The molecule has 2 heterocycles. The first-order valence-electron chi connectivity index (χ1n) is 14.5. The van der Waals surface area contributed by atoms with Crippen molar-refractivity contribution in [3.05, 3.63) is 87.5 Å². The van der Waals surface area contributed by atoms with Crippen molar-refractivity contribution in [2.24, 2.45) is 11.8 Å². The predicted molar refractivity (Wildman–Crippen MR) is 160 cm³/mol. The first-order valence-corrected chi connectivity index (χ1v) is 15.9. The third kappa shape index (κ3) is 5.72. The van der Waals surface area contributed by atoms with Crippen LogP contribution in [-0.4, -0.2) is 45.3 Å². The van der Waals surface area contributed by atoms with Gasteiger partial charge in [0.05, 0.1) is 21.9 Å². The molecule has 0 amide bonds. The van der Waals surface area contributed by atoms with Crippen molar-refractivity contribution in [2.75, 3.05) is 6.54 Å². The van der Waals surface area contributed by atoms with Gasteiger partial charge in [-0.2, -0.15) is 17.5 Å². The molecule has 5 rings (SSSR count). The summed E-state index contributed by atoms with van der Waals surface area (Å²) < 4.78 is 71.0. The summed E-state index contributed by atoms with van der Waals surface area (Å²) in [6, 6.07) is 12.2. The summed E-state index contributed by atoms with van der Waals surface area (Å²) in [5, 5.41) is 18.7. The maximum Gasteiger partial charge on any atom is 0.416 e. The van der Waals surface area contributed by atoms with E-state index in [1.54, 1.807) is 11.6 Å². The highest BCUT2D eigenvalue weighted by Gasteiger charge is 2.37. The fourth-order valence-electron chi connectivity index (χ4n) is 6.22. The molecule has 0 fully saturated rings. The summed E-state index contributed by atoms with van der Waals surface area (Å²) in [5.74, 6) is -2.60. The van der Waals surface area contributed by atoms with Crippen LogP contribution in [0.5, 0.6) is 0 Å². The molecular formula is C32H35F3N4O4S. The van der Waals surface area contributed by atoms with Gasteiger partial charge in [0.25, 0.3) is 0 Å². The number of halogens is 3. The van der Waals surface area contributed by atoms with Gasteiger partial charge in [0.2, 0.25) is 10.0 Å². The van der Waals surface area contributed by atoms with Gasteiger partial charge in [0.15, 0.2) is 0 Å². The van der Waals surface area contributed by atoms with Crippen molar-refractivity contribution in [2.45, 2.75) is 71.1 Å². The van der Waals surface area contributed by atoms with Crippen LogP contribution in [0.4, 0.5) is 13.2 Å². The largest absolute Gasteiger partial charge is 0.481 e. The van der Waals surface area contributed by atoms with Crippen LogP contribution < -0.4 is 0 Å². The summed E-state index contributed by atoms with van der Waals surface area (Å²) in [6.07, 6.45) is -4.39. The molecule has 3 atom stereocenters. The SMILES string of the molecule is CCn1nnc2c(C)c([C@H](c3ccc(C)c(CN4C[C@@H](C)Cc5cc(C(F)(F)F)ccc5S4(=O)=O)c3)[C@@H](C)C(=O)O)ccc21. The predicted octanol–water partition coefficient (Wildman–Crippen LogP) is 6.32. The Labute approximate surface area is 254 Å². The first-order chi connectivity index (χ1) is 20.6. The van der Waals surface area contributed by atoms with Crippen LogP contribution in [0.3, 0.4) is 0 Å². The molecule has 44 heavy (non-hydrogen) atoms. The van der Waals surface area contributed by atoms with E-state index in [-0.39, 0.29) is 35.9 Å². The van der Waals surface area contributed by atoms with E-state index >= 15 is 0 Å². The molecule has 1 aliphatic heterocycles. The van der Waals surface area contributed by atoms with Crippen LogP contribution in [-0.2, 0) is 40.5 Å². The zero-order valence-corrected chi connectivity index (χ0v) is 26.0. The van der Waals surface area contributed by atoms with Crippen molar-refractivity contribution < 1.29 is 31.5 Å². The van der Waals surface area contributed by atoms with Gasteiger partial charge in [0.1, 0.15) is 5.52 Å². The molecule has 0 saturated heterocycles. The monoisotopic (exact) mass is 628 g/mol. The Morgan fingerprint density at radius 3 is 2.50 bits per heavy atom. The third-order valence-corrected chi connectivity index (χ3v) is 10.6. The van der Waals surface area contributed by atoms with Crippen LogP contribution in [0.2, 0.25) is 0 Å². The molecule has 0 spiro atoms. The average Bonchev–Trinajstić information content (AvgIpc) is 3.35. The molecule has 1 aromatic heterocycles.